The summed E-state index contributed by atoms with van der Waals surface area (Å²) in [7, 11) is 0. The van der Waals surface area contributed by atoms with Crippen molar-refractivity contribution in [1.29, 1.82) is 0 Å². The number of benzene rings is 1. The molecule has 6 unspecified atom stereocenters. The molecular formula is C23H17F3N2O3. The molecule has 31 heavy (non-hydrogen) atoms. The van der Waals surface area contributed by atoms with Crippen molar-refractivity contribution >= 4 is 18.0 Å². The Morgan fingerprint density at radius 3 is 2.32 bits per heavy atom. The van der Waals surface area contributed by atoms with Crippen LogP contribution >= 0.6 is 0 Å². The van der Waals surface area contributed by atoms with Crippen LogP contribution in [-0.2, 0) is 15.8 Å². The second kappa shape index (κ2) is 6.18. The highest BCUT2D eigenvalue weighted by molar-refractivity contribution is 6.06. The molecule has 2 aromatic rings. The number of hydrogen-bond donors (Lipinski definition) is 0. The van der Waals surface area contributed by atoms with Crippen LogP contribution in [-0.4, -0.2) is 23.0 Å². The van der Waals surface area contributed by atoms with Crippen LogP contribution in [0.1, 0.15) is 17.7 Å². The number of amides is 2. The third-order valence-electron chi connectivity index (χ3n) is 7.04. The number of alkyl halides is 3. The largest absolute Gasteiger partial charge is 0.455 e. The zero-order chi connectivity index (χ0) is 21.5. The number of carbonyl (C=O) groups is 2. The van der Waals surface area contributed by atoms with Gasteiger partial charge >= 0.3 is 6.18 Å². The smallest absolute Gasteiger partial charge is 0.416 e. The lowest BCUT2D eigenvalue weighted by Gasteiger charge is -2.37. The monoisotopic (exact) mass is 426 g/mol. The molecule has 1 aromatic carbocycles. The van der Waals surface area contributed by atoms with Crippen LogP contribution < -0.4 is 0 Å². The Labute approximate surface area is 175 Å². The van der Waals surface area contributed by atoms with E-state index in [0.29, 0.717) is 11.8 Å². The summed E-state index contributed by atoms with van der Waals surface area (Å²) >= 11 is 0. The topological polar surface area (TPSA) is 62.9 Å². The molecule has 1 aromatic heterocycles. The summed E-state index contributed by atoms with van der Waals surface area (Å²) in [5, 5.41) is 5.03. The Morgan fingerprint density at radius 1 is 1.00 bits per heavy atom. The predicted octanol–water partition coefficient (Wildman–Crippen LogP) is 4.35. The van der Waals surface area contributed by atoms with Crippen molar-refractivity contribution in [2.45, 2.75) is 12.6 Å². The van der Waals surface area contributed by atoms with Crippen LogP contribution in [0.15, 0.2) is 58.1 Å². The van der Waals surface area contributed by atoms with Crippen LogP contribution in [0.4, 0.5) is 13.2 Å². The summed E-state index contributed by atoms with van der Waals surface area (Å²) in [6.45, 7) is 0. The first-order valence-electron chi connectivity index (χ1n) is 10.2. The molecule has 2 amide bonds. The Kier molecular flexibility index (Phi) is 3.71. The molecule has 1 aliphatic heterocycles. The summed E-state index contributed by atoms with van der Waals surface area (Å²) in [6, 6.07) is 7.89. The van der Waals surface area contributed by atoms with E-state index < -0.39 is 11.7 Å². The van der Waals surface area contributed by atoms with Crippen molar-refractivity contribution < 1.29 is 27.2 Å². The molecule has 3 fully saturated rings. The fraction of sp³-hybridized carbons (Fsp3) is 0.348. The number of imide groups is 1. The summed E-state index contributed by atoms with van der Waals surface area (Å²) < 4.78 is 44.4. The van der Waals surface area contributed by atoms with Gasteiger partial charge in [0.1, 0.15) is 11.5 Å². The van der Waals surface area contributed by atoms with Crippen molar-refractivity contribution in [2.24, 2.45) is 40.6 Å². The Bertz CT molecular complexity index is 1130. The molecule has 4 aliphatic carbocycles. The van der Waals surface area contributed by atoms with Gasteiger partial charge in [0, 0.05) is 5.56 Å². The SMILES string of the molecule is O=C1C2C3C=CC(C4CC34)C2C(=O)N1/N=C/c1ccc(-c2cccc(C(F)(F)F)c2)o1. The van der Waals surface area contributed by atoms with Gasteiger partial charge in [-0.1, -0.05) is 24.3 Å². The molecule has 5 aliphatic rings. The van der Waals surface area contributed by atoms with E-state index in [9.17, 15) is 22.8 Å². The van der Waals surface area contributed by atoms with Crippen LogP contribution in [0.3, 0.4) is 0 Å². The third-order valence-corrected chi connectivity index (χ3v) is 7.04. The number of rotatable bonds is 3. The molecule has 2 bridgehead atoms. The first-order valence-corrected chi connectivity index (χ1v) is 10.2. The van der Waals surface area contributed by atoms with Gasteiger partial charge in [-0.2, -0.15) is 23.3 Å². The van der Waals surface area contributed by atoms with Gasteiger partial charge in [0.05, 0.1) is 23.6 Å². The minimum Gasteiger partial charge on any atom is -0.455 e. The van der Waals surface area contributed by atoms with Gasteiger partial charge < -0.3 is 4.42 Å². The van der Waals surface area contributed by atoms with Crippen LogP contribution in [0.2, 0.25) is 0 Å². The molecule has 0 N–H and O–H groups in total. The summed E-state index contributed by atoms with van der Waals surface area (Å²) in [5.41, 5.74) is -0.496. The normalized spacial score (nSPS) is 33.3. The van der Waals surface area contributed by atoms with Gasteiger partial charge in [-0.15, -0.1) is 0 Å². The van der Waals surface area contributed by atoms with E-state index in [1.54, 1.807) is 0 Å². The van der Waals surface area contributed by atoms with E-state index in [2.05, 4.69) is 17.3 Å². The fourth-order valence-corrected chi connectivity index (χ4v) is 5.60. The average Bonchev–Trinajstić information content (AvgIpc) is 3.38. The first-order chi connectivity index (χ1) is 14.8. The van der Waals surface area contributed by atoms with Gasteiger partial charge in [-0.05, 0) is 54.4 Å². The molecule has 8 heteroatoms. The number of furan rings is 1. The second-order valence-electron chi connectivity index (χ2n) is 8.67. The molecule has 158 valence electrons. The highest BCUT2D eigenvalue weighted by Crippen LogP contribution is 2.65. The Balaban J connectivity index is 1.23. The van der Waals surface area contributed by atoms with Gasteiger partial charge in [0.25, 0.3) is 11.8 Å². The van der Waals surface area contributed by atoms with E-state index in [1.807, 2.05) is 0 Å². The van der Waals surface area contributed by atoms with Gasteiger partial charge in [-0.25, -0.2) is 0 Å². The minimum absolute atomic E-state index is 0.118. The molecule has 2 saturated carbocycles. The number of hydrogen-bond acceptors (Lipinski definition) is 4. The van der Waals surface area contributed by atoms with E-state index in [1.165, 1.54) is 30.5 Å². The van der Waals surface area contributed by atoms with Gasteiger partial charge in [0.15, 0.2) is 0 Å². The zero-order valence-corrected chi connectivity index (χ0v) is 16.1. The van der Waals surface area contributed by atoms with Gasteiger partial charge in [0.2, 0.25) is 0 Å². The molecule has 2 heterocycles. The van der Waals surface area contributed by atoms with E-state index in [0.717, 1.165) is 23.6 Å². The summed E-state index contributed by atoms with van der Waals surface area (Å²) in [6.07, 6.45) is 2.08. The second-order valence-corrected chi connectivity index (χ2v) is 8.67. The molecule has 1 saturated heterocycles. The summed E-state index contributed by atoms with van der Waals surface area (Å²) in [4.78, 5) is 25.8. The lowest BCUT2D eigenvalue weighted by molar-refractivity contribution is -0.140. The van der Waals surface area contributed by atoms with E-state index >= 15 is 0 Å². The lowest BCUT2D eigenvalue weighted by Crippen LogP contribution is -2.40. The quantitative estimate of drug-likeness (QED) is 0.416. The predicted molar refractivity (Wildman–Crippen MR) is 103 cm³/mol. The first kappa shape index (κ1) is 18.6. The van der Waals surface area contributed by atoms with Crippen molar-refractivity contribution in [3.63, 3.8) is 0 Å². The molecule has 6 atom stereocenters. The molecule has 0 radical (unpaired) electrons. The lowest BCUT2D eigenvalue weighted by atomic mass is 9.63. The average molecular weight is 426 g/mol. The number of allylic oxidation sites excluding steroid dienone is 2. The highest BCUT2D eigenvalue weighted by Gasteiger charge is 2.67. The summed E-state index contributed by atoms with van der Waals surface area (Å²) in [5.74, 6) is 0.520. The number of carbonyl (C=O) groups excluding carboxylic acids is 2. The Morgan fingerprint density at radius 2 is 1.68 bits per heavy atom. The standard InChI is InChI=1S/C23H17F3N2O3/c24-23(25,26)12-3-1-2-11(8-12)18-7-4-13(31-18)10-27-28-21(29)19-14-5-6-15(17-9-16(14)17)20(19)22(28)30/h1-8,10,14-17,19-20H,9H2/b27-10+. The molecular weight excluding hydrogens is 409 g/mol. The minimum atomic E-state index is -4.45. The maximum absolute atomic E-state index is 12.9. The van der Waals surface area contributed by atoms with Crippen molar-refractivity contribution in [2.75, 3.05) is 0 Å². The highest BCUT2D eigenvalue weighted by atomic mass is 19.4. The fourth-order valence-electron chi connectivity index (χ4n) is 5.60. The molecule has 0 spiro atoms. The molecule has 5 nitrogen and oxygen atoms in total. The van der Waals surface area contributed by atoms with E-state index in [-0.39, 0.29) is 52.6 Å². The Hall–Kier alpha value is -3.16. The molecule has 7 rings (SSSR count). The number of halogens is 3. The maximum atomic E-state index is 12.9. The number of nitrogens with zero attached hydrogens (tertiary/aromatic N) is 2. The van der Waals surface area contributed by atoms with E-state index in [4.69, 9.17) is 4.42 Å². The van der Waals surface area contributed by atoms with Crippen molar-refractivity contribution in [3.8, 4) is 11.3 Å². The number of hydrazone groups is 1. The van der Waals surface area contributed by atoms with Crippen LogP contribution in [0, 0.1) is 35.5 Å². The van der Waals surface area contributed by atoms with Crippen molar-refractivity contribution in [1.82, 2.24) is 5.01 Å². The van der Waals surface area contributed by atoms with Crippen molar-refractivity contribution in [3.05, 3.63) is 59.9 Å². The maximum Gasteiger partial charge on any atom is 0.416 e. The van der Waals surface area contributed by atoms with Gasteiger partial charge in [-0.3, -0.25) is 9.59 Å². The zero-order valence-electron chi connectivity index (χ0n) is 16.1. The van der Waals surface area contributed by atoms with Crippen LogP contribution in [0.25, 0.3) is 11.3 Å². The third kappa shape index (κ3) is 2.73. The van der Waals surface area contributed by atoms with Crippen LogP contribution in [0.5, 0.6) is 0 Å².